The number of urea groups is 1. The molecule has 0 radical (unpaired) electrons. The number of likely N-dealkylation sites (N-methyl/N-ethyl adjacent to an activating group) is 1. The Kier molecular flexibility index (Phi) is 7.45. The zero-order valence-corrected chi connectivity index (χ0v) is 22.2. The minimum Gasteiger partial charge on any atom is -0.369 e. The Bertz CT molecular complexity index is 1120. The molecule has 3 aliphatic rings. The molecule has 0 bridgehead atoms. The lowest BCUT2D eigenvalue weighted by atomic mass is 10.1. The number of nitrogens with one attached hydrogen (secondary N) is 1. The molecule has 2 fully saturated rings. The highest BCUT2D eigenvalue weighted by atomic mass is 16.2. The number of benzene rings is 1. The topological polar surface area (TPSA) is 88.2 Å². The number of aromatic nitrogens is 2. The Labute approximate surface area is 219 Å². The third-order valence-electron chi connectivity index (χ3n) is 7.65. The summed E-state index contributed by atoms with van der Waals surface area (Å²) in [6.07, 6.45) is 4.21. The number of hydrogen-bond acceptors (Lipinski definition) is 7. The lowest BCUT2D eigenvalue weighted by Crippen LogP contribution is -2.47. The molecule has 0 spiro atoms. The van der Waals surface area contributed by atoms with Crippen LogP contribution in [0.5, 0.6) is 0 Å². The first kappa shape index (κ1) is 25.3. The molecule has 1 atom stereocenters. The molecule has 1 aromatic heterocycles. The average molecular weight is 507 g/mol. The molecule has 2 aromatic rings. The van der Waals surface area contributed by atoms with Crippen LogP contribution < -0.4 is 15.1 Å². The van der Waals surface area contributed by atoms with Gasteiger partial charge in [-0.2, -0.15) is 4.98 Å². The number of carbonyl (C=O) groups is 2. The van der Waals surface area contributed by atoms with Gasteiger partial charge in [0.05, 0.1) is 6.54 Å². The largest absolute Gasteiger partial charge is 0.369 e. The number of carbonyl (C=O) groups excluding carboxylic acids is 2. The molecular weight excluding hydrogens is 468 g/mol. The van der Waals surface area contributed by atoms with Gasteiger partial charge in [0.1, 0.15) is 5.82 Å². The van der Waals surface area contributed by atoms with Gasteiger partial charge in [0, 0.05) is 82.4 Å². The number of fused-ring (bicyclic) bond motifs is 1. The van der Waals surface area contributed by atoms with Gasteiger partial charge < -0.3 is 24.9 Å². The molecule has 0 saturated carbocycles. The monoisotopic (exact) mass is 506 g/mol. The molecule has 198 valence electrons. The number of likely N-dealkylation sites (tertiary alicyclic amines) is 1. The van der Waals surface area contributed by atoms with Crippen molar-refractivity contribution in [2.24, 2.45) is 5.92 Å². The normalized spacial score (nSPS) is 20.4. The Morgan fingerprint density at radius 2 is 1.84 bits per heavy atom. The van der Waals surface area contributed by atoms with Crippen molar-refractivity contribution in [3.05, 3.63) is 36.0 Å². The van der Waals surface area contributed by atoms with Crippen molar-refractivity contribution in [1.82, 2.24) is 24.7 Å². The van der Waals surface area contributed by atoms with Crippen LogP contribution in [0.15, 0.2) is 30.5 Å². The van der Waals surface area contributed by atoms with Crippen LogP contribution in [-0.4, -0.2) is 96.5 Å². The lowest BCUT2D eigenvalue weighted by molar-refractivity contribution is -0.130. The van der Waals surface area contributed by atoms with Gasteiger partial charge in [-0.1, -0.05) is 6.92 Å². The highest BCUT2D eigenvalue weighted by Gasteiger charge is 2.34. The van der Waals surface area contributed by atoms with Crippen molar-refractivity contribution < 1.29 is 9.59 Å². The predicted octanol–water partition coefficient (Wildman–Crippen LogP) is 2.99. The average Bonchev–Trinajstić information content (AvgIpc) is 3.37. The van der Waals surface area contributed by atoms with Crippen LogP contribution in [0.2, 0.25) is 0 Å². The summed E-state index contributed by atoms with van der Waals surface area (Å²) in [7, 11) is 3.92. The zero-order valence-electron chi connectivity index (χ0n) is 22.2. The number of nitrogens with zero attached hydrogens (tertiary/aromatic N) is 7. The highest BCUT2D eigenvalue weighted by molar-refractivity contribution is 5.93. The molecule has 5 rings (SSSR count). The molecule has 10 heteroatoms. The van der Waals surface area contributed by atoms with E-state index >= 15 is 0 Å². The van der Waals surface area contributed by atoms with Gasteiger partial charge in [0.2, 0.25) is 11.9 Å². The summed E-state index contributed by atoms with van der Waals surface area (Å²) in [6.45, 7) is 8.87. The molecule has 0 aliphatic carbocycles. The van der Waals surface area contributed by atoms with Crippen molar-refractivity contribution in [2.45, 2.75) is 32.7 Å². The third-order valence-corrected chi connectivity index (χ3v) is 7.65. The van der Waals surface area contributed by atoms with Crippen molar-refractivity contribution in [3.8, 4) is 0 Å². The Balaban J connectivity index is 1.20. The maximum absolute atomic E-state index is 13.2. The number of rotatable bonds is 7. The van der Waals surface area contributed by atoms with E-state index in [9.17, 15) is 9.59 Å². The molecule has 1 N–H and O–H groups in total. The Hall–Kier alpha value is -3.40. The summed E-state index contributed by atoms with van der Waals surface area (Å²) < 4.78 is 0. The quantitative estimate of drug-likeness (QED) is 0.618. The van der Waals surface area contributed by atoms with E-state index in [0.717, 1.165) is 63.4 Å². The van der Waals surface area contributed by atoms with Crippen LogP contribution in [0.1, 0.15) is 31.7 Å². The number of hydrogen-bond donors (Lipinski definition) is 1. The maximum atomic E-state index is 13.2. The number of anilines is 4. The van der Waals surface area contributed by atoms with Gasteiger partial charge in [-0.05, 0) is 50.1 Å². The Morgan fingerprint density at radius 1 is 1.08 bits per heavy atom. The first-order valence-corrected chi connectivity index (χ1v) is 13.4. The third kappa shape index (κ3) is 5.64. The van der Waals surface area contributed by atoms with Crippen molar-refractivity contribution in [3.63, 3.8) is 0 Å². The summed E-state index contributed by atoms with van der Waals surface area (Å²) in [6, 6.07) is 8.28. The van der Waals surface area contributed by atoms with E-state index in [0.29, 0.717) is 37.2 Å². The highest BCUT2D eigenvalue weighted by Crippen LogP contribution is 2.29. The Morgan fingerprint density at radius 3 is 2.57 bits per heavy atom. The first-order valence-electron chi connectivity index (χ1n) is 13.4. The number of amides is 3. The molecule has 4 heterocycles. The second-order valence-corrected chi connectivity index (χ2v) is 10.5. The van der Waals surface area contributed by atoms with E-state index in [1.54, 1.807) is 11.9 Å². The summed E-state index contributed by atoms with van der Waals surface area (Å²) in [4.78, 5) is 44.7. The molecule has 3 amide bonds. The summed E-state index contributed by atoms with van der Waals surface area (Å²) in [5, 5.41) is 3.28. The minimum atomic E-state index is -0.0629. The first-order chi connectivity index (χ1) is 17.9. The summed E-state index contributed by atoms with van der Waals surface area (Å²) >= 11 is 0. The van der Waals surface area contributed by atoms with E-state index in [1.807, 2.05) is 35.1 Å². The standard InChI is InChI=1S/C27H38N8O2/c1-4-5-24(36)34-11-10-20(17-34)18-35-19-21-16-28-26(30-25(21)32(3)27(35)37)29-22-6-8-23(9-7-22)33-14-12-31(2)13-15-33/h6-9,16,20H,4-5,10-15,17-19H2,1-3H3,(H,28,29,30). The van der Waals surface area contributed by atoms with Crippen LogP contribution in [0.3, 0.4) is 0 Å². The van der Waals surface area contributed by atoms with Gasteiger partial charge >= 0.3 is 6.03 Å². The van der Waals surface area contributed by atoms with Gasteiger partial charge in [0.15, 0.2) is 0 Å². The fraction of sp³-hybridized carbons (Fsp3) is 0.556. The van der Waals surface area contributed by atoms with Crippen LogP contribution in [0, 0.1) is 5.92 Å². The summed E-state index contributed by atoms with van der Waals surface area (Å²) in [5.74, 6) is 1.63. The van der Waals surface area contributed by atoms with E-state index in [1.165, 1.54) is 5.69 Å². The second-order valence-electron chi connectivity index (χ2n) is 10.5. The maximum Gasteiger partial charge on any atom is 0.325 e. The zero-order chi connectivity index (χ0) is 25.9. The smallest absolute Gasteiger partial charge is 0.325 e. The summed E-state index contributed by atoms with van der Waals surface area (Å²) in [5.41, 5.74) is 3.05. The van der Waals surface area contributed by atoms with Crippen molar-refractivity contribution in [2.75, 3.05) is 75.0 Å². The SMILES string of the molecule is CCCC(=O)N1CCC(CN2Cc3cnc(Nc4ccc(N5CCN(C)CC5)cc4)nc3N(C)C2=O)C1. The van der Waals surface area contributed by atoms with E-state index in [-0.39, 0.29) is 11.9 Å². The second kappa shape index (κ2) is 10.9. The molecule has 10 nitrogen and oxygen atoms in total. The lowest BCUT2D eigenvalue weighted by Gasteiger charge is -2.35. The van der Waals surface area contributed by atoms with Crippen LogP contribution in [0.25, 0.3) is 0 Å². The molecular formula is C27H38N8O2. The van der Waals surface area contributed by atoms with Crippen molar-refractivity contribution >= 4 is 35.1 Å². The van der Waals surface area contributed by atoms with Crippen LogP contribution in [-0.2, 0) is 11.3 Å². The molecule has 1 aromatic carbocycles. The minimum absolute atomic E-state index is 0.0629. The molecule has 1 unspecified atom stereocenters. The van der Waals surface area contributed by atoms with E-state index in [2.05, 4.69) is 44.3 Å². The van der Waals surface area contributed by atoms with E-state index in [4.69, 9.17) is 0 Å². The van der Waals surface area contributed by atoms with Gasteiger partial charge in [-0.15, -0.1) is 0 Å². The molecule has 2 saturated heterocycles. The van der Waals surface area contributed by atoms with Crippen LogP contribution in [0.4, 0.5) is 27.9 Å². The van der Waals surface area contributed by atoms with Gasteiger partial charge in [-0.25, -0.2) is 9.78 Å². The van der Waals surface area contributed by atoms with Gasteiger partial charge in [0.25, 0.3) is 0 Å². The fourth-order valence-electron chi connectivity index (χ4n) is 5.42. The molecule has 37 heavy (non-hydrogen) atoms. The van der Waals surface area contributed by atoms with Crippen molar-refractivity contribution in [1.29, 1.82) is 0 Å². The predicted molar refractivity (Wildman–Crippen MR) is 145 cm³/mol. The number of piperazine rings is 1. The van der Waals surface area contributed by atoms with Crippen LogP contribution >= 0.6 is 0 Å². The van der Waals surface area contributed by atoms with E-state index < -0.39 is 0 Å². The molecule has 3 aliphatic heterocycles. The van der Waals surface area contributed by atoms with Gasteiger partial charge in [-0.3, -0.25) is 9.69 Å². The fourth-order valence-corrected chi connectivity index (χ4v) is 5.42.